The van der Waals surface area contributed by atoms with Crippen molar-refractivity contribution in [3.8, 4) is 0 Å². The number of amides is 7. The van der Waals surface area contributed by atoms with Gasteiger partial charge in [0.05, 0.1) is 31.8 Å². The van der Waals surface area contributed by atoms with Gasteiger partial charge in [0.2, 0.25) is 41.4 Å². The molecule has 620 valence electrons. The summed E-state index contributed by atoms with van der Waals surface area (Å²) in [6.07, 6.45) is -76.6. The molecule has 0 aromatic heterocycles. The first kappa shape index (κ1) is 98.0. The Morgan fingerprint density at radius 1 is 0.204 bits per heavy atom. The predicted molar refractivity (Wildman–Crippen MR) is 271 cm³/mol. The van der Waals surface area contributed by atoms with E-state index in [1.165, 1.54) is 0 Å². The molecule has 0 aromatic rings. The SMILES string of the molecule is O=C(O)CN(CC(=O)O)C(=O)CN(CC(=O)N(CC(=O)O)CC(=O)O)C(=O)CN(CC(=O)N(CC(=O)N(CC(=O)O)CC(=O)O)CC(=O)N(CC(=O)O)CC(=O)O)C(=O)COCC(COC(C(F)(F)F)(C(F)(F)F)C(F)(F)F)(COC(C(F)(F)F)(C(F)(F)F)C(F)(F)F)COC(C(F)(F)F)(C(F)(F)F)C(F)(F)F. The fourth-order valence-electron chi connectivity index (χ4n) is 8.17. The van der Waals surface area contributed by atoms with Crippen LogP contribution in [0.2, 0.25) is 0 Å². The lowest BCUT2D eigenvalue weighted by molar-refractivity contribution is -0.474. The van der Waals surface area contributed by atoms with E-state index in [9.17, 15) is 231 Å². The standard InChI is InChI=1S/C47H46F27N7O27/c48-39(49,50)36(40(51,52)53,41(54,55)56)106-17-35(18-107-37(42(57,58)59,43(60,61)62)44(63,64)65,19-108-38(45(66,67)68,46(69,70)71)47(72,73)74)16-105-15-26(88)77(5-20(82)75(1-22(84)78(7-27(89)90)8-28(91)92)2-23(85)79(9-29(93)94)10-30(95)96)6-21(83)76(3-24(86)80(11-31(97)98)12-32(99)100)4-25(87)81(13-33(101)102)14-34(103)104/h1-19H2,(H,89,90)(H,91,92)(H,93,94)(H,95,96)(H,97,98)(H,99,100)(H,101,102)(H,103,104). The fourth-order valence-corrected chi connectivity index (χ4v) is 8.17. The Bertz CT molecular complexity index is 2790. The summed E-state index contributed by atoms with van der Waals surface area (Å²) in [5, 5.41) is 74.4. The van der Waals surface area contributed by atoms with Crippen LogP contribution in [-0.4, -0.2) is 361 Å². The summed E-state index contributed by atoms with van der Waals surface area (Å²) >= 11 is 0. The highest BCUT2D eigenvalue weighted by Gasteiger charge is 2.89. The number of carbonyl (C=O) groups is 15. The molecule has 0 atom stereocenters. The molecule has 0 bridgehead atoms. The van der Waals surface area contributed by atoms with Gasteiger partial charge in [-0.25, -0.2) is 0 Å². The summed E-state index contributed by atoms with van der Waals surface area (Å²) in [6.45, 7) is -49.9. The van der Waals surface area contributed by atoms with Crippen LogP contribution in [0, 0.1) is 5.41 Å². The number of alkyl halides is 27. The maximum Gasteiger partial charge on any atom is 0.435 e. The maximum atomic E-state index is 14.4. The van der Waals surface area contributed by atoms with Crippen molar-refractivity contribution in [3.05, 3.63) is 0 Å². The molecule has 0 aliphatic rings. The predicted octanol–water partition coefficient (Wildman–Crippen LogP) is 0.793. The monoisotopic (exact) mass is 1650 g/mol. The Kier molecular flexibility index (Phi) is 32.9. The lowest BCUT2D eigenvalue weighted by Crippen LogP contribution is -2.71. The smallest absolute Gasteiger partial charge is 0.435 e. The summed E-state index contributed by atoms with van der Waals surface area (Å²) in [6, 6.07) is 0. The van der Waals surface area contributed by atoms with Crippen molar-refractivity contribution in [2.75, 3.05) is 125 Å². The molecule has 0 saturated carbocycles. The summed E-state index contributed by atoms with van der Waals surface area (Å²) in [5.74, 6) is -34.6. The zero-order chi connectivity index (χ0) is 85.5. The third-order valence-electron chi connectivity index (χ3n) is 13.0. The highest BCUT2D eigenvalue weighted by molar-refractivity contribution is 5.97. The first-order chi connectivity index (χ1) is 48.2. The van der Waals surface area contributed by atoms with Gasteiger partial charge in [-0.15, -0.1) is 0 Å². The second-order valence-corrected chi connectivity index (χ2v) is 21.3. The highest BCUT2D eigenvalue weighted by atomic mass is 19.5. The zero-order valence-corrected chi connectivity index (χ0v) is 52.1. The second-order valence-electron chi connectivity index (χ2n) is 21.3. The number of rotatable bonds is 41. The van der Waals surface area contributed by atoms with E-state index < -0.39 is 306 Å². The van der Waals surface area contributed by atoms with E-state index in [0.717, 1.165) is 0 Å². The largest absolute Gasteiger partial charge is 0.480 e. The number of hydrogen-bond acceptors (Lipinski definition) is 19. The van der Waals surface area contributed by atoms with E-state index in [1.807, 2.05) is 0 Å². The fraction of sp³-hybridized carbons (Fsp3) is 0.681. The van der Waals surface area contributed by atoms with Crippen molar-refractivity contribution < 1.29 is 250 Å². The minimum absolute atomic E-state index is 0.361. The van der Waals surface area contributed by atoms with E-state index in [-0.39, 0.29) is 19.6 Å². The Morgan fingerprint density at radius 2 is 0.333 bits per heavy atom. The summed E-state index contributed by atoms with van der Waals surface area (Å²) in [5.41, 5.74) is -31.3. The van der Waals surface area contributed by atoms with Gasteiger partial charge in [0.1, 0.15) is 98.2 Å². The van der Waals surface area contributed by atoms with Crippen molar-refractivity contribution in [1.29, 1.82) is 0 Å². The number of aliphatic carboxylic acids is 8. The lowest BCUT2D eigenvalue weighted by Gasteiger charge is -2.45. The van der Waals surface area contributed by atoms with Crippen molar-refractivity contribution in [2.24, 2.45) is 5.41 Å². The van der Waals surface area contributed by atoms with E-state index >= 15 is 0 Å². The van der Waals surface area contributed by atoms with Crippen LogP contribution < -0.4 is 0 Å². The summed E-state index contributed by atoms with van der Waals surface area (Å²) < 4.78 is 398. The number of carbonyl (C=O) groups excluding carboxylic acids is 7. The molecule has 0 fully saturated rings. The van der Waals surface area contributed by atoms with Crippen LogP contribution >= 0.6 is 0 Å². The Morgan fingerprint density at radius 3 is 0.463 bits per heavy atom. The van der Waals surface area contributed by atoms with Crippen molar-refractivity contribution in [2.45, 2.75) is 72.4 Å². The molecule has 61 heteroatoms. The van der Waals surface area contributed by atoms with Gasteiger partial charge in [0.25, 0.3) is 0 Å². The Hall–Kier alpha value is -10.0. The summed E-state index contributed by atoms with van der Waals surface area (Å²) in [4.78, 5) is 186. The molecule has 0 unspecified atom stereocenters. The molecule has 108 heavy (non-hydrogen) atoms. The van der Waals surface area contributed by atoms with Gasteiger partial charge in [0, 0.05) is 0 Å². The number of carboxylic acids is 8. The number of hydrogen-bond donors (Lipinski definition) is 8. The van der Waals surface area contributed by atoms with Gasteiger partial charge in [-0.3, -0.25) is 71.9 Å². The van der Waals surface area contributed by atoms with Crippen molar-refractivity contribution >= 4 is 89.1 Å². The van der Waals surface area contributed by atoms with Crippen molar-refractivity contribution in [3.63, 3.8) is 0 Å². The number of nitrogens with zero attached hydrogens (tertiary/aromatic N) is 7. The lowest BCUT2D eigenvalue weighted by atomic mass is 9.89. The highest BCUT2D eigenvalue weighted by Crippen LogP contribution is 2.59. The van der Waals surface area contributed by atoms with E-state index in [4.69, 9.17) is 0 Å². The number of halogens is 27. The van der Waals surface area contributed by atoms with Gasteiger partial charge >= 0.3 is 120 Å². The quantitative estimate of drug-likeness (QED) is 0.0392. The first-order valence-corrected chi connectivity index (χ1v) is 27.0. The van der Waals surface area contributed by atoms with Gasteiger partial charge < -0.3 is 94.1 Å². The van der Waals surface area contributed by atoms with Gasteiger partial charge in [-0.1, -0.05) is 0 Å². The van der Waals surface area contributed by atoms with Crippen LogP contribution in [0.3, 0.4) is 0 Å². The van der Waals surface area contributed by atoms with Crippen LogP contribution in [0.15, 0.2) is 0 Å². The van der Waals surface area contributed by atoms with Crippen LogP contribution in [0.25, 0.3) is 0 Å². The molecule has 0 saturated heterocycles. The van der Waals surface area contributed by atoms with Gasteiger partial charge in [-0.2, -0.15) is 119 Å². The van der Waals surface area contributed by atoms with E-state index in [0.29, 0.717) is 0 Å². The topological polar surface area (TPSA) is 477 Å². The van der Waals surface area contributed by atoms with Crippen molar-refractivity contribution in [1.82, 2.24) is 34.3 Å². The third kappa shape index (κ3) is 25.9. The first-order valence-electron chi connectivity index (χ1n) is 27.0. The molecule has 7 amide bonds. The average Bonchev–Trinajstić information content (AvgIpc) is 0.730. The minimum atomic E-state index is -8.51. The molecule has 34 nitrogen and oxygen atoms in total. The minimum Gasteiger partial charge on any atom is -0.480 e. The normalized spacial score (nSPS) is 13.2. The van der Waals surface area contributed by atoms with Gasteiger partial charge in [0.15, 0.2) is 0 Å². The van der Waals surface area contributed by atoms with Crippen LogP contribution in [-0.2, 0) is 90.9 Å². The molecule has 8 N–H and O–H groups in total. The Balaban J connectivity index is 9.99. The molecule has 0 rings (SSSR count). The van der Waals surface area contributed by atoms with Crippen LogP contribution in [0.5, 0.6) is 0 Å². The molecule has 0 spiro atoms. The summed E-state index contributed by atoms with van der Waals surface area (Å²) in [7, 11) is 0. The molecule has 0 radical (unpaired) electrons. The molecule has 0 aliphatic carbocycles. The zero-order valence-electron chi connectivity index (χ0n) is 52.1. The number of ether oxygens (including phenoxy) is 4. The molecular formula is C47H46F27N7O27. The van der Waals surface area contributed by atoms with Crippen LogP contribution in [0.4, 0.5) is 119 Å². The maximum absolute atomic E-state index is 14.4. The molecule has 0 aliphatic heterocycles. The average molecular weight is 1650 g/mol. The second kappa shape index (κ2) is 36.3. The Labute approximate surface area is 576 Å². The molecular weight excluding hydrogens is 1610 g/mol. The third-order valence-corrected chi connectivity index (χ3v) is 13.0. The molecule has 0 aromatic carbocycles. The van der Waals surface area contributed by atoms with Crippen LogP contribution in [0.1, 0.15) is 0 Å². The number of carboxylic acid groups (broad SMARTS) is 8. The molecule has 0 heterocycles. The van der Waals surface area contributed by atoms with E-state index in [1.54, 1.807) is 0 Å². The van der Waals surface area contributed by atoms with E-state index in [2.05, 4.69) is 18.9 Å². The van der Waals surface area contributed by atoms with Gasteiger partial charge in [-0.05, 0) is 0 Å².